The first-order chi connectivity index (χ1) is 7.95. The van der Waals surface area contributed by atoms with Crippen LogP contribution in [0.25, 0.3) is 0 Å². The summed E-state index contributed by atoms with van der Waals surface area (Å²) in [5.74, 6) is -1.64. The number of aliphatic carboxylic acids is 1. The van der Waals surface area contributed by atoms with Crippen LogP contribution in [0.4, 0.5) is 0 Å². The topological polar surface area (TPSA) is 79.3 Å². The van der Waals surface area contributed by atoms with E-state index in [1.54, 1.807) is 6.92 Å². The van der Waals surface area contributed by atoms with E-state index in [0.29, 0.717) is 10.9 Å². The highest BCUT2D eigenvalue weighted by Gasteiger charge is 2.20. The molecule has 0 radical (unpaired) electrons. The van der Waals surface area contributed by atoms with Gasteiger partial charge in [0, 0.05) is 10.7 Å². The van der Waals surface area contributed by atoms with Gasteiger partial charge in [0.15, 0.2) is 0 Å². The Kier molecular flexibility index (Phi) is 4.89. The average Bonchev–Trinajstić information content (AvgIpc) is 2.28. The smallest absolute Gasteiger partial charge is 0.326 e. The number of carboxylic acids is 1. The molecule has 2 N–H and O–H groups in total. The molecule has 1 amide bonds. The lowest BCUT2D eigenvalue weighted by molar-refractivity contribution is -0.139. The minimum absolute atomic E-state index is 0.0333. The first-order valence-corrected chi connectivity index (χ1v) is 5.97. The highest BCUT2D eigenvalue weighted by Crippen LogP contribution is 2.18. The summed E-state index contributed by atoms with van der Waals surface area (Å²) in [7, 11) is 0. The fourth-order valence-electron chi connectivity index (χ4n) is 1.16. The zero-order chi connectivity index (χ0) is 13.0. The molecule has 7 heteroatoms. The average molecular weight is 322 g/mol. The largest absolute Gasteiger partial charge is 0.480 e. The van der Waals surface area contributed by atoms with Crippen LogP contribution in [0.5, 0.6) is 0 Å². The monoisotopic (exact) mass is 320 g/mol. The summed E-state index contributed by atoms with van der Waals surface area (Å²) in [5, 5.41) is 11.2. The Morgan fingerprint density at radius 2 is 2.29 bits per heavy atom. The third-order valence-electron chi connectivity index (χ3n) is 2.06. The van der Waals surface area contributed by atoms with Gasteiger partial charge in [0.25, 0.3) is 5.91 Å². The van der Waals surface area contributed by atoms with Gasteiger partial charge in [-0.2, -0.15) is 0 Å². The molecule has 92 valence electrons. The predicted molar refractivity (Wildman–Crippen MR) is 66.1 cm³/mol. The van der Waals surface area contributed by atoms with Crippen molar-refractivity contribution >= 4 is 39.4 Å². The van der Waals surface area contributed by atoms with Gasteiger partial charge in [-0.05, 0) is 28.4 Å². The molecule has 17 heavy (non-hydrogen) atoms. The molecule has 0 aliphatic heterocycles. The van der Waals surface area contributed by atoms with Gasteiger partial charge in [-0.1, -0.05) is 18.5 Å². The molecule has 1 rings (SSSR count). The zero-order valence-electron chi connectivity index (χ0n) is 8.91. The Morgan fingerprint density at radius 3 is 2.82 bits per heavy atom. The van der Waals surface area contributed by atoms with Gasteiger partial charge in [0.2, 0.25) is 0 Å². The van der Waals surface area contributed by atoms with Gasteiger partial charge in [0.1, 0.15) is 11.2 Å². The fourth-order valence-corrected chi connectivity index (χ4v) is 1.68. The van der Waals surface area contributed by atoms with E-state index >= 15 is 0 Å². The molecule has 0 aliphatic carbocycles. The van der Waals surface area contributed by atoms with Crippen molar-refractivity contribution < 1.29 is 14.7 Å². The summed E-state index contributed by atoms with van der Waals surface area (Å²) in [5.41, 5.74) is 0.140. The lowest BCUT2D eigenvalue weighted by Gasteiger charge is -2.12. The number of carboxylic acid groups (broad SMARTS) is 1. The summed E-state index contributed by atoms with van der Waals surface area (Å²) < 4.78 is 0.593. The highest BCUT2D eigenvalue weighted by molar-refractivity contribution is 9.10. The number of hydrogen-bond donors (Lipinski definition) is 2. The van der Waals surface area contributed by atoms with Crippen molar-refractivity contribution in [1.82, 2.24) is 10.3 Å². The van der Waals surface area contributed by atoms with E-state index in [9.17, 15) is 9.59 Å². The van der Waals surface area contributed by atoms with Gasteiger partial charge in [0.05, 0.1) is 5.56 Å². The number of aromatic nitrogens is 1. The molecule has 1 heterocycles. The van der Waals surface area contributed by atoms with Gasteiger partial charge in [-0.15, -0.1) is 0 Å². The van der Waals surface area contributed by atoms with Crippen LogP contribution in [0.2, 0.25) is 5.15 Å². The minimum Gasteiger partial charge on any atom is -0.480 e. The summed E-state index contributed by atoms with van der Waals surface area (Å²) in [6.07, 6.45) is 1.74. The second-order valence-electron chi connectivity index (χ2n) is 3.26. The van der Waals surface area contributed by atoms with Crippen LogP contribution in [0.15, 0.2) is 16.7 Å². The first-order valence-electron chi connectivity index (χ1n) is 4.80. The first kappa shape index (κ1) is 13.9. The Morgan fingerprint density at radius 1 is 1.65 bits per heavy atom. The predicted octanol–water partition coefficient (Wildman–Crippen LogP) is 2.09. The Bertz CT molecular complexity index is 453. The maximum atomic E-state index is 11.8. The maximum absolute atomic E-state index is 11.8. The quantitative estimate of drug-likeness (QED) is 0.832. The Hall–Kier alpha value is -1.14. The van der Waals surface area contributed by atoms with Crippen molar-refractivity contribution in [1.29, 1.82) is 0 Å². The number of carbonyl (C=O) groups is 2. The van der Waals surface area contributed by atoms with Crippen molar-refractivity contribution in [3.63, 3.8) is 0 Å². The van der Waals surface area contributed by atoms with Gasteiger partial charge >= 0.3 is 5.97 Å². The van der Waals surface area contributed by atoms with E-state index in [4.69, 9.17) is 16.7 Å². The van der Waals surface area contributed by atoms with Crippen LogP contribution in [0.1, 0.15) is 23.7 Å². The zero-order valence-corrected chi connectivity index (χ0v) is 11.2. The van der Waals surface area contributed by atoms with E-state index < -0.39 is 17.9 Å². The molecule has 0 spiro atoms. The van der Waals surface area contributed by atoms with Crippen LogP contribution in [-0.2, 0) is 4.79 Å². The van der Waals surface area contributed by atoms with Crippen molar-refractivity contribution in [2.75, 3.05) is 0 Å². The van der Waals surface area contributed by atoms with E-state index in [-0.39, 0.29) is 10.7 Å². The number of amides is 1. The Labute approximate surface area is 111 Å². The molecular formula is C10H10BrClN2O3. The third kappa shape index (κ3) is 3.67. The number of nitrogens with zero attached hydrogens (tertiary/aromatic N) is 1. The second-order valence-corrected chi connectivity index (χ2v) is 4.54. The molecule has 0 saturated heterocycles. The van der Waals surface area contributed by atoms with Crippen LogP contribution >= 0.6 is 27.5 Å². The van der Waals surface area contributed by atoms with Crippen molar-refractivity contribution in [3.05, 3.63) is 27.5 Å². The SMILES string of the molecule is CCC(NC(=O)c1cc(Br)cnc1Cl)C(=O)O. The molecule has 5 nitrogen and oxygen atoms in total. The van der Waals surface area contributed by atoms with E-state index in [1.165, 1.54) is 12.3 Å². The van der Waals surface area contributed by atoms with Gasteiger partial charge in [-0.3, -0.25) is 4.79 Å². The number of pyridine rings is 1. The van der Waals surface area contributed by atoms with Crippen molar-refractivity contribution in [2.24, 2.45) is 0 Å². The summed E-state index contributed by atoms with van der Waals surface area (Å²) in [6, 6.07) is 0.553. The number of rotatable bonds is 4. The summed E-state index contributed by atoms with van der Waals surface area (Å²) in [4.78, 5) is 26.3. The van der Waals surface area contributed by atoms with Crippen LogP contribution in [0, 0.1) is 0 Å². The molecule has 1 unspecified atom stereocenters. The number of halogens is 2. The van der Waals surface area contributed by atoms with Crippen molar-refractivity contribution in [2.45, 2.75) is 19.4 Å². The fraction of sp³-hybridized carbons (Fsp3) is 0.300. The normalized spacial score (nSPS) is 11.9. The van der Waals surface area contributed by atoms with E-state index in [0.717, 1.165) is 0 Å². The molecule has 1 aromatic rings. The maximum Gasteiger partial charge on any atom is 0.326 e. The third-order valence-corrected chi connectivity index (χ3v) is 2.80. The summed E-state index contributed by atoms with van der Waals surface area (Å²) >= 11 is 8.92. The number of hydrogen-bond acceptors (Lipinski definition) is 3. The minimum atomic E-state index is -1.08. The molecule has 0 aromatic carbocycles. The molecule has 0 fully saturated rings. The molecule has 0 saturated carbocycles. The van der Waals surface area contributed by atoms with Gasteiger partial charge < -0.3 is 10.4 Å². The van der Waals surface area contributed by atoms with Crippen molar-refractivity contribution in [3.8, 4) is 0 Å². The lowest BCUT2D eigenvalue weighted by Crippen LogP contribution is -2.40. The molecule has 0 bridgehead atoms. The lowest BCUT2D eigenvalue weighted by atomic mass is 10.2. The number of nitrogens with one attached hydrogen (secondary N) is 1. The molecule has 0 aliphatic rings. The molecule has 1 aromatic heterocycles. The van der Waals surface area contributed by atoms with E-state index in [1.807, 2.05) is 0 Å². The van der Waals surface area contributed by atoms with Crippen LogP contribution in [-0.4, -0.2) is 28.0 Å². The second kappa shape index (κ2) is 5.97. The highest BCUT2D eigenvalue weighted by atomic mass is 79.9. The van der Waals surface area contributed by atoms with Gasteiger partial charge in [-0.25, -0.2) is 9.78 Å². The van der Waals surface area contributed by atoms with Crippen LogP contribution in [0.3, 0.4) is 0 Å². The van der Waals surface area contributed by atoms with E-state index in [2.05, 4.69) is 26.2 Å². The molecular weight excluding hydrogens is 311 g/mol. The van der Waals surface area contributed by atoms with Crippen LogP contribution < -0.4 is 5.32 Å². The molecule has 1 atom stereocenters. The Balaban J connectivity index is 2.89. The summed E-state index contributed by atoms with van der Waals surface area (Å²) in [6.45, 7) is 1.67. The standard InChI is InChI=1S/C10H10BrClN2O3/c1-2-7(10(16)17)14-9(15)6-3-5(11)4-13-8(6)12/h3-4,7H,2H2,1H3,(H,14,15)(H,16,17). The number of carbonyl (C=O) groups excluding carboxylic acids is 1.